The van der Waals surface area contributed by atoms with E-state index in [4.69, 9.17) is 13.9 Å². The second-order valence-electron chi connectivity index (χ2n) is 6.95. The minimum Gasteiger partial charge on any atom is -0.493 e. The summed E-state index contributed by atoms with van der Waals surface area (Å²) in [5.41, 5.74) is 2.28. The zero-order chi connectivity index (χ0) is 21.7. The van der Waals surface area contributed by atoms with Crippen molar-refractivity contribution in [2.45, 2.75) is 32.7 Å². The first-order valence-electron chi connectivity index (χ1n) is 9.64. The van der Waals surface area contributed by atoms with Crippen molar-refractivity contribution in [2.24, 2.45) is 0 Å². The summed E-state index contributed by atoms with van der Waals surface area (Å²) in [7, 11) is 3.16. The maximum atomic E-state index is 13.9. The maximum Gasteiger partial charge on any atom is 0.220 e. The van der Waals surface area contributed by atoms with Gasteiger partial charge >= 0.3 is 0 Å². The smallest absolute Gasteiger partial charge is 0.220 e. The Morgan fingerprint density at radius 2 is 1.90 bits per heavy atom. The Morgan fingerprint density at radius 1 is 1.20 bits per heavy atom. The number of methoxy groups -OCH3 is 2. The molecule has 3 aromatic rings. The van der Waals surface area contributed by atoms with Crippen molar-refractivity contribution in [1.82, 2.24) is 10.3 Å². The number of hydrogen-bond acceptors (Lipinski definition) is 5. The van der Waals surface area contributed by atoms with Crippen LogP contribution in [0.25, 0.3) is 11.3 Å². The van der Waals surface area contributed by atoms with Crippen molar-refractivity contribution in [2.75, 3.05) is 14.2 Å². The van der Waals surface area contributed by atoms with Crippen LogP contribution < -0.4 is 14.8 Å². The molecule has 1 amide bonds. The molecule has 3 rings (SSSR count). The van der Waals surface area contributed by atoms with Crippen LogP contribution >= 0.6 is 0 Å². The average Bonchev–Trinajstić information content (AvgIpc) is 3.21. The van der Waals surface area contributed by atoms with Crippen molar-refractivity contribution in [3.05, 3.63) is 65.4 Å². The largest absolute Gasteiger partial charge is 0.493 e. The normalized spacial score (nSPS) is 11.8. The van der Waals surface area contributed by atoms with Gasteiger partial charge in [-0.05, 0) is 49.2 Å². The molecule has 1 heterocycles. The number of nitrogens with zero attached hydrogens (tertiary/aromatic N) is 1. The van der Waals surface area contributed by atoms with Crippen LogP contribution in [0.2, 0.25) is 0 Å². The topological polar surface area (TPSA) is 73.6 Å². The van der Waals surface area contributed by atoms with E-state index in [1.165, 1.54) is 12.3 Å². The molecule has 158 valence electrons. The van der Waals surface area contributed by atoms with Crippen LogP contribution in [0.5, 0.6) is 11.5 Å². The fourth-order valence-corrected chi connectivity index (χ4v) is 3.29. The standard InChI is InChI=1S/C23H25FN2O4/c1-14-11-19(28-3)20(29-4)12-17(14)15(2)26-22(27)9-10-23-25-13-21(30-23)16-7-5-6-8-18(16)24/h5-8,11-13,15H,9-10H2,1-4H3,(H,26,27). The number of halogens is 1. The lowest BCUT2D eigenvalue weighted by Crippen LogP contribution is -2.27. The number of benzene rings is 2. The van der Waals surface area contributed by atoms with Gasteiger partial charge in [-0.3, -0.25) is 4.79 Å². The van der Waals surface area contributed by atoms with E-state index in [1.807, 2.05) is 26.0 Å². The van der Waals surface area contributed by atoms with E-state index in [9.17, 15) is 9.18 Å². The molecule has 1 unspecified atom stereocenters. The van der Waals surface area contributed by atoms with Crippen LogP contribution in [0, 0.1) is 12.7 Å². The Morgan fingerprint density at radius 3 is 2.60 bits per heavy atom. The van der Waals surface area contributed by atoms with E-state index >= 15 is 0 Å². The van der Waals surface area contributed by atoms with E-state index < -0.39 is 0 Å². The molecule has 0 radical (unpaired) electrons. The third kappa shape index (κ3) is 4.79. The molecule has 0 aliphatic heterocycles. The van der Waals surface area contributed by atoms with Gasteiger partial charge in [0.1, 0.15) is 5.82 Å². The lowest BCUT2D eigenvalue weighted by atomic mass is 10.0. The van der Waals surface area contributed by atoms with E-state index in [2.05, 4.69) is 10.3 Å². The fraction of sp³-hybridized carbons (Fsp3) is 0.304. The van der Waals surface area contributed by atoms with Crippen LogP contribution in [0.3, 0.4) is 0 Å². The molecule has 30 heavy (non-hydrogen) atoms. The van der Waals surface area contributed by atoms with Crippen molar-refractivity contribution >= 4 is 5.91 Å². The highest BCUT2D eigenvalue weighted by Gasteiger charge is 2.17. The van der Waals surface area contributed by atoms with Gasteiger partial charge in [0.05, 0.1) is 32.0 Å². The third-order valence-corrected chi connectivity index (χ3v) is 4.88. The number of rotatable bonds is 8. The summed E-state index contributed by atoms with van der Waals surface area (Å²) in [6, 6.07) is 9.87. The molecule has 0 aliphatic rings. The number of aromatic nitrogens is 1. The molecule has 0 saturated carbocycles. The Balaban J connectivity index is 1.61. The Bertz CT molecular complexity index is 1030. The number of carbonyl (C=O) groups excluding carboxylic acids is 1. The van der Waals surface area contributed by atoms with Gasteiger partial charge in [-0.25, -0.2) is 9.37 Å². The van der Waals surface area contributed by atoms with E-state index in [0.29, 0.717) is 35.1 Å². The zero-order valence-corrected chi connectivity index (χ0v) is 17.5. The van der Waals surface area contributed by atoms with Gasteiger partial charge in [-0.2, -0.15) is 0 Å². The summed E-state index contributed by atoms with van der Waals surface area (Å²) in [5.74, 6) is 1.47. The molecular formula is C23H25FN2O4. The van der Waals surface area contributed by atoms with Crippen molar-refractivity contribution in [1.29, 1.82) is 0 Å². The molecule has 1 aromatic heterocycles. The third-order valence-electron chi connectivity index (χ3n) is 4.88. The summed E-state index contributed by atoms with van der Waals surface area (Å²) in [5, 5.41) is 2.98. The number of aryl methyl sites for hydroxylation is 2. The molecule has 1 atom stereocenters. The van der Waals surface area contributed by atoms with Crippen LogP contribution in [0.1, 0.15) is 36.4 Å². The van der Waals surface area contributed by atoms with E-state index in [1.54, 1.807) is 32.4 Å². The second kappa shape index (κ2) is 9.43. The highest BCUT2D eigenvalue weighted by atomic mass is 19.1. The predicted octanol–water partition coefficient (Wildman–Crippen LogP) is 4.62. The number of hydrogen-bond donors (Lipinski definition) is 1. The number of oxazole rings is 1. The fourth-order valence-electron chi connectivity index (χ4n) is 3.29. The Labute approximate surface area is 175 Å². The van der Waals surface area contributed by atoms with Crippen LogP contribution in [0.15, 0.2) is 47.0 Å². The Hall–Kier alpha value is -3.35. The van der Waals surface area contributed by atoms with Crippen molar-refractivity contribution in [3.8, 4) is 22.8 Å². The maximum absolute atomic E-state index is 13.9. The monoisotopic (exact) mass is 412 g/mol. The SMILES string of the molecule is COc1cc(C)c(C(C)NC(=O)CCc2ncc(-c3ccccc3F)o2)cc1OC. The molecule has 0 spiro atoms. The zero-order valence-electron chi connectivity index (χ0n) is 17.5. The highest BCUT2D eigenvalue weighted by Crippen LogP contribution is 2.33. The lowest BCUT2D eigenvalue weighted by molar-refractivity contribution is -0.121. The quantitative estimate of drug-likeness (QED) is 0.585. The molecule has 0 bridgehead atoms. The first kappa shape index (κ1) is 21.4. The van der Waals surface area contributed by atoms with Crippen LogP contribution in [-0.2, 0) is 11.2 Å². The molecule has 1 N–H and O–H groups in total. The number of carbonyl (C=O) groups is 1. The molecule has 2 aromatic carbocycles. The van der Waals surface area contributed by atoms with Gasteiger partial charge in [0.25, 0.3) is 0 Å². The van der Waals surface area contributed by atoms with Gasteiger partial charge in [0.2, 0.25) is 5.91 Å². The minimum atomic E-state index is -0.378. The summed E-state index contributed by atoms with van der Waals surface area (Å²) in [4.78, 5) is 16.6. The van der Waals surface area contributed by atoms with Crippen LogP contribution in [0.4, 0.5) is 4.39 Å². The summed E-state index contributed by atoms with van der Waals surface area (Å²) in [6.07, 6.45) is 1.99. The molecule has 0 aliphatic carbocycles. The average molecular weight is 412 g/mol. The first-order valence-corrected chi connectivity index (χ1v) is 9.64. The van der Waals surface area contributed by atoms with E-state index in [0.717, 1.165) is 11.1 Å². The number of amides is 1. The van der Waals surface area contributed by atoms with Gasteiger partial charge < -0.3 is 19.2 Å². The van der Waals surface area contributed by atoms with E-state index in [-0.39, 0.29) is 24.2 Å². The molecular weight excluding hydrogens is 387 g/mol. The van der Waals surface area contributed by atoms with Crippen molar-refractivity contribution in [3.63, 3.8) is 0 Å². The summed E-state index contributed by atoms with van der Waals surface area (Å²) < 4.78 is 30.1. The highest BCUT2D eigenvalue weighted by molar-refractivity contribution is 5.76. The van der Waals surface area contributed by atoms with Gasteiger partial charge in [0, 0.05) is 12.8 Å². The van der Waals surface area contributed by atoms with Gasteiger partial charge in [-0.15, -0.1) is 0 Å². The first-order chi connectivity index (χ1) is 14.4. The summed E-state index contributed by atoms with van der Waals surface area (Å²) >= 11 is 0. The Kier molecular flexibility index (Phi) is 6.72. The second-order valence-corrected chi connectivity index (χ2v) is 6.95. The molecule has 7 heteroatoms. The van der Waals surface area contributed by atoms with Gasteiger partial charge in [0.15, 0.2) is 23.1 Å². The van der Waals surface area contributed by atoms with Crippen molar-refractivity contribution < 1.29 is 23.1 Å². The molecule has 0 saturated heterocycles. The number of nitrogens with one attached hydrogen (secondary N) is 1. The molecule has 6 nitrogen and oxygen atoms in total. The lowest BCUT2D eigenvalue weighted by Gasteiger charge is -2.19. The molecule has 0 fully saturated rings. The summed E-state index contributed by atoms with van der Waals surface area (Å²) in [6.45, 7) is 3.87. The minimum absolute atomic E-state index is 0.137. The van der Waals surface area contributed by atoms with Gasteiger partial charge in [-0.1, -0.05) is 12.1 Å². The number of ether oxygens (including phenoxy) is 2. The van der Waals surface area contributed by atoms with Crippen LogP contribution in [-0.4, -0.2) is 25.1 Å². The predicted molar refractivity (Wildman–Crippen MR) is 111 cm³/mol.